The smallest absolute Gasteiger partial charge is 0.325 e. The van der Waals surface area contributed by atoms with Crippen molar-refractivity contribution in [3.05, 3.63) is 41.9 Å². The highest BCUT2D eigenvalue weighted by molar-refractivity contribution is 6.33. The Bertz CT molecular complexity index is 554. The molecule has 0 bridgehead atoms. The Morgan fingerprint density at radius 2 is 2.33 bits per heavy atom. The van der Waals surface area contributed by atoms with Crippen LogP contribution >= 0.6 is 11.6 Å². The first-order chi connectivity index (χ1) is 8.59. The number of anilines is 1. The number of imidazole rings is 1. The molecular weight excluding hydrogens is 254 g/mol. The first-order valence-corrected chi connectivity index (χ1v) is 5.73. The molecular formula is C12H12ClN3O2. The quantitative estimate of drug-likeness (QED) is 0.891. The van der Waals surface area contributed by atoms with E-state index < -0.39 is 12.0 Å². The number of halogens is 1. The minimum absolute atomic E-state index is 0.524. The van der Waals surface area contributed by atoms with Crippen molar-refractivity contribution in [2.45, 2.75) is 13.0 Å². The van der Waals surface area contributed by atoms with Crippen LogP contribution in [0.25, 0.3) is 5.69 Å². The third kappa shape index (κ3) is 2.46. The number of nitrogens with one attached hydrogen (secondary N) is 1. The SMILES string of the molecule is CC(Nc1cccc(Cl)c1-n1ccnc1)C(=O)O. The van der Waals surface area contributed by atoms with Crippen LogP contribution in [0.2, 0.25) is 5.02 Å². The van der Waals surface area contributed by atoms with Crippen LogP contribution in [0.1, 0.15) is 6.92 Å². The van der Waals surface area contributed by atoms with Gasteiger partial charge in [-0.2, -0.15) is 0 Å². The highest BCUT2D eigenvalue weighted by Gasteiger charge is 2.14. The number of aliphatic carboxylic acids is 1. The summed E-state index contributed by atoms with van der Waals surface area (Å²) in [6.07, 6.45) is 4.99. The number of hydrogen-bond donors (Lipinski definition) is 2. The van der Waals surface area contributed by atoms with Crippen molar-refractivity contribution in [3.63, 3.8) is 0 Å². The monoisotopic (exact) mass is 265 g/mol. The van der Waals surface area contributed by atoms with Gasteiger partial charge in [0.1, 0.15) is 6.04 Å². The molecule has 0 saturated carbocycles. The summed E-state index contributed by atoms with van der Waals surface area (Å²) in [4.78, 5) is 14.8. The standard InChI is InChI=1S/C12H12ClN3O2/c1-8(12(17)18)15-10-4-2-3-9(13)11(10)16-6-5-14-7-16/h2-8,15H,1H3,(H,17,18). The summed E-state index contributed by atoms with van der Waals surface area (Å²) in [6.45, 7) is 1.57. The van der Waals surface area contributed by atoms with Gasteiger partial charge in [0, 0.05) is 12.4 Å². The Hall–Kier alpha value is -2.01. The van der Waals surface area contributed by atoms with E-state index in [9.17, 15) is 4.79 Å². The largest absolute Gasteiger partial charge is 0.480 e. The normalized spacial score (nSPS) is 12.1. The molecule has 0 saturated heterocycles. The van der Waals surface area contributed by atoms with Gasteiger partial charge in [-0.3, -0.25) is 4.79 Å². The highest BCUT2D eigenvalue weighted by atomic mass is 35.5. The molecule has 1 aromatic carbocycles. The third-order valence-electron chi connectivity index (χ3n) is 2.49. The molecule has 0 radical (unpaired) electrons. The minimum atomic E-state index is -0.924. The summed E-state index contributed by atoms with van der Waals surface area (Å²) in [7, 11) is 0. The van der Waals surface area contributed by atoms with E-state index in [0.717, 1.165) is 0 Å². The number of rotatable bonds is 4. The Morgan fingerprint density at radius 1 is 1.56 bits per heavy atom. The summed E-state index contributed by atoms with van der Waals surface area (Å²) in [5, 5.41) is 12.3. The Labute approximate surface area is 109 Å². The first-order valence-electron chi connectivity index (χ1n) is 5.36. The molecule has 1 heterocycles. The molecule has 0 aliphatic carbocycles. The van der Waals surface area contributed by atoms with E-state index in [-0.39, 0.29) is 0 Å². The zero-order valence-corrected chi connectivity index (χ0v) is 10.4. The van der Waals surface area contributed by atoms with E-state index in [0.29, 0.717) is 16.4 Å². The molecule has 18 heavy (non-hydrogen) atoms. The average molecular weight is 266 g/mol. The maximum Gasteiger partial charge on any atom is 0.325 e. The Kier molecular flexibility index (Phi) is 3.53. The molecule has 0 amide bonds. The number of aromatic nitrogens is 2. The molecule has 0 aliphatic rings. The van der Waals surface area contributed by atoms with Gasteiger partial charge in [-0.05, 0) is 19.1 Å². The minimum Gasteiger partial charge on any atom is -0.480 e. The van der Waals surface area contributed by atoms with Crippen LogP contribution in [0.4, 0.5) is 5.69 Å². The van der Waals surface area contributed by atoms with E-state index in [4.69, 9.17) is 16.7 Å². The molecule has 2 N–H and O–H groups in total. The lowest BCUT2D eigenvalue weighted by Gasteiger charge is -2.16. The summed E-state index contributed by atoms with van der Waals surface area (Å²) < 4.78 is 1.74. The lowest BCUT2D eigenvalue weighted by molar-refractivity contribution is -0.137. The van der Waals surface area contributed by atoms with Crippen LogP contribution in [0, 0.1) is 0 Å². The molecule has 6 heteroatoms. The van der Waals surface area contributed by atoms with E-state index in [2.05, 4.69) is 10.3 Å². The third-order valence-corrected chi connectivity index (χ3v) is 2.80. The fourth-order valence-corrected chi connectivity index (χ4v) is 1.85. The second-order valence-electron chi connectivity index (χ2n) is 3.81. The second kappa shape index (κ2) is 5.10. The molecule has 0 spiro atoms. The number of carboxylic acid groups (broad SMARTS) is 1. The maximum absolute atomic E-state index is 10.9. The molecule has 0 fully saturated rings. The number of para-hydroxylation sites is 1. The number of carboxylic acids is 1. The first kappa shape index (κ1) is 12.4. The van der Waals surface area contributed by atoms with E-state index in [1.54, 1.807) is 48.4 Å². The van der Waals surface area contributed by atoms with Gasteiger partial charge in [0.05, 0.1) is 22.7 Å². The zero-order valence-electron chi connectivity index (χ0n) is 9.67. The van der Waals surface area contributed by atoms with Crippen molar-refractivity contribution in [2.24, 2.45) is 0 Å². The summed E-state index contributed by atoms with van der Waals surface area (Å²) >= 11 is 6.15. The summed E-state index contributed by atoms with van der Waals surface area (Å²) in [6, 6.07) is 4.58. The molecule has 5 nitrogen and oxygen atoms in total. The van der Waals surface area contributed by atoms with Crippen molar-refractivity contribution >= 4 is 23.3 Å². The topological polar surface area (TPSA) is 67.2 Å². The predicted molar refractivity (Wildman–Crippen MR) is 69.3 cm³/mol. The van der Waals surface area contributed by atoms with Crippen LogP contribution in [0.15, 0.2) is 36.9 Å². The van der Waals surface area contributed by atoms with Crippen LogP contribution in [0.5, 0.6) is 0 Å². The van der Waals surface area contributed by atoms with Gasteiger partial charge in [0.15, 0.2) is 0 Å². The number of nitrogens with zero attached hydrogens (tertiary/aromatic N) is 2. The molecule has 0 aliphatic heterocycles. The lowest BCUT2D eigenvalue weighted by atomic mass is 10.2. The van der Waals surface area contributed by atoms with Crippen molar-refractivity contribution in [1.82, 2.24) is 9.55 Å². The van der Waals surface area contributed by atoms with Crippen molar-refractivity contribution < 1.29 is 9.90 Å². The van der Waals surface area contributed by atoms with Gasteiger partial charge in [-0.1, -0.05) is 17.7 Å². The van der Waals surface area contributed by atoms with Gasteiger partial charge in [-0.15, -0.1) is 0 Å². The van der Waals surface area contributed by atoms with E-state index in [1.807, 2.05) is 0 Å². The molecule has 1 atom stereocenters. The van der Waals surface area contributed by atoms with Gasteiger partial charge in [0.25, 0.3) is 0 Å². The molecule has 1 unspecified atom stereocenters. The molecule has 94 valence electrons. The molecule has 2 aromatic rings. The number of benzene rings is 1. The summed E-state index contributed by atoms with van der Waals surface area (Å²) in [5.74, 6) is -0.924. The fourth-order valence-electron chi connectivity index (χ4n) is 1.58. The van der Waals surface area contributed by atoms with Crippen LogP contribution < -0.4 is 5.32 Å². The van der Waals surface area contributed by atoms with E-state index in [1.165, 1.54) is 0 Å². The average Bonchev–Trinajstić information content (AvgIpc) is 2.82. The predicted octanol–water partition coefficient (Wildman–Crippen LogP) is 2.41. The second-order valence-corrected chi connectivity index (χ2v) is 4.22. The van der Waals surface area contributed by atoms with Crippen LogP contribution in [0.3, 0.4) is 0 Å². The van der Waals surface area contributed by atoms with Gasteiger partial charge >= 0.3 is 5.97 Å². The highest BCUT2D eigenvalue weighted by Crippen LogP contribution is 2.28. The summed E-state index contributed by atoms with van der Waals surface area (Å²) in [5.41, 5.74) is 1.33. The number of carbonyl (C=O) groups is 1. The van der Waals surface area contributed by atoms with Crippen LogP contribution in [-0.2, 0) is 4.79 Å². The fraction of sp³-hybridized carbons (Fsp3) is 0.167. The van der Waals surface area contributed by atoms with Crippen LogP contribution in [-0.4, -0.2) is 26.7 Å². The Balaban J connectivity index is 2.42. The van der Waals surface area contributed by atoms with Crippen molar-refractivity contribution in [1.29, 1.82) is 0 Å². The number of hydrogen-bond acceptors (Lipinski definition) is 3. The maximum atomic E-state index is 10.9. The van der Waals surface area contributed by atoms with Gasteiger partial charge in [0.2, 0.25) is 0 Å². The van der Waals surface area contributed by atoms with Gasteiger partial charge < -0.3 is 15.0 Å². The zero-order chi connectivity index (χ0) is 13.1. The lowest BCUT2D eigenvalue weighted by Crippen LogP contribution is -2.26. The van der Waals surface area contributed by atoms with Crippen molar-refractivity contribution in [2.75, 3.05) is 5.32 Å². The Morgan fingerprint density at radius 3 is 2.94 bits per heavy atom. The van der Waals surface area contributed by atoms with Gasteiger partial charge in [-0.25, -0.2) is 4.98 Å². The molecule has 1 aromatic heterocycles. The van der Waals surface area contributed by atoms with Crippen molar-refractivity contribution in [3.8, 4) is 5.69 Å². The van der Waals surface area contributed by atoms with E-state index >= 15 is 0 Å². The molecule has 2 rings (SSSR count).